The van der Waals surface area contributed by atoms with Gasteiger partial charge in [0.15, 0.2) is 0 Å². The Morgan fingerprint density at radius 2 is 2.33 bits per heavy atom. The quantitative estimate of drug-likeness (QED) is 0.822. The van der Waals surface area contributed by atoms with E-state index >= 15 is 0 Å². The van der Waals surface area contributed by atoms with Crippen molar-refractivity contribution in [2.24, 2.45) is 18.9 Å². The van der Waals surface area contributed by atoms with E-state index in [2.05, 4.69) is 30.6 Å². The molecule has 1 aromatic rings. The second-order valence-corrected chi connectivity index (χ2v) is 4.79. The van der Waals surface area contributed by atoms with Crippen LogP contribution in [0.1, 0.15) is 37.8 Å². The molecule has 0 aromatic carbocycles. The second-order valence-electron chi connectivity index (χ2n) is 4.79. The highest BCUT2D eigenvalue weighted by Crippen LogP contribution is 2.39. The predicted octanol–water partition coefficient (Wildman–Crippen LogP) is 2.12. The lowest BCUT2D eigenvalue weighted by molar-refractivity contribution is 0.315. The van der Waals surface area contributed by atoms with Crippen LogP contribution >= 0.6 is 0 Å². The number of hydrogen-bond acceptors (Lipinski definition) is 2. The molecule has 2 rings (SSSR count). The summed E-state index contributed by atoms with van der Waals surface area (Å²) in [5, 5.41) is 7.71. The Bertz CT molecular complexity index is 318. The summed E-state index contributed by atoms with van der Waals surface area (Å²) in [5.41, 5.74) is 1.33. The maximum Gasteiger partial charge on any atom is 0.0537 e. The summed E-state index contributed by atoms with van der Waals surface area (Å²) in [5.74, 6) is 1.61. The summed E-state index contributed by atoms with van der Waals surface area (Å²) in [7, 11) is 4.04. The Balaban J connectivity index is 2.16. The summed E-state index contributed by atoms with van der Waals surface area (Å²) >= 11 is 0. The van der Waals surface area contributed by atoms with Gasteiger partial charge in [0.05, 0.1) is 6.20 Å². The molecule has 3 atom stereocenters. The van der Waals surface area contributed by atoms with Gasteiger partial charge in [-0.25, -0.2) is 0 Å². The van der Waals surface area contributed by atoms with Crippen LogP contribution in [-0.4, -0.2) is 16.8 Å². The van der Waals surface area contributed by atoms with E-state index in [1.54, 1.807) is 0 Å². The second kappa shape index (κ2) is 4.35. The molecule has 0 spiro atoms. The lowest BCUT2D eigenvalue weighted by Gasteiger charge is -2.25. The van der Waals surface area contributed by atoms with Crippen molar-refractivity contribution in [1.29, 1.82) is 0 Å². The fraction of sp³-hybridized carbons (Fsp3) is 0.750. The minimum atomic E-state index is 0.483. The van der Waals surface area contributed by atoms with Crippen LogP contribution in [0.5, 0.6) is 0 Å². The van der Waals surface area contributed by atoms with Crippen molar-refractivity contribution in [1.82, 2.24) is 15.1 Å². The third-order valence-corrected chi connectivity index (χ3v) is 3.75. The molecular weight excluding hydrogens is 186 g/mol. The normalized spacial score (nSPS) is 28.2. The first-order valence-corrected chi connectivity index (χ1v) is 5.88. The zero-order chi connectivity index (χ0) is 10.8. The van der Waals surface area contributed by atoms with Crippen molar-refractivity contribution in [3.63, 3.8) is 0 Å². The molecule has 1 fully saturated rings. The highest BCUT2D eigenvalue weighted by molar-refractivity contribution is 5.12. The van der Waals surface area contributed by atoms with E-state index in [1.165, 1.54) is 24.8 Å². The summed E-state index contributed by atoms with van der Waals surface area (Å²) in [6.07, 6.45) is 8.23. The van der Waals surface area contributed by atoms with Gasteiger partial charge >= 0.3 is 0 Å². The maximum atomic E-state index is 4.26. The standard InChI is InChI=1S/C12H21N3/c1-9-5-4-6-11(9)12(13-2)10-7-14-15(3)8-10/h7-9,11-13H,4-6H2,1-3H3. The molecule has 0 radical (unpaired) electrons. The first-order valence-electron chi connectivity index (χ1n) is 5.88. The zero-order valence-corrected chi connectivity index (χ0v) is 9.90. The predicted molar refractivity (Wildman–Crippen MR) is 61.5 cm³/mol. The Hall–Kier alpha value is -0.830. The molecule has 0 saturated heterocycles. The number of hydrogen-bond donors (Lipinski definition) is 1. The molecule has 0 aliphatic heterocycles. The van der Waals surface area contributed by atoms with Crippen molar-refractivity contribution in [3.8, 4) is 0 Å². The number of aromatic nitrogens is 2. The largest absolute Gasteiger partial charge is 0.313 e. The molecule has 1 N–H and O–H groups in total. The van der Waals surface area contributed by atoms with E-state index < -0.39 is 0 Å². The lowest BCUT2D eigenvalue weighted by Crippen LogP contribution is -2.26. The lowest BCUT2D eigenvalue weighted by atomic mass is 9.87. The van der Waals surface area contributed by atoms with Gasteiger partial charge in [-0.1, -0.05) is 19.8 Å². The van der Waals surface area contributed by atoms with E-state index in [4.69, 9.17) is 0 Å². The van der Waals surface area contributed by atoms with Crippen LogP contribution < -0.4 is 5.32 Å². The summed E-state index contributed by atoms with van der Waals surface area (Å²) in [6, 6.07) is 0.483. The Morgan fingerprint density at radius 1 is 1.53 bits per heavy atom. The fourth-order valence-corrected chi connectivity index (χ4v) is 2.90. The van der Waals surface area contributed by atoms with Gasteiger partial charge in [0, 0.05) is 24.8 Å². The van der Waals surface area contributed by atoms with Gasteiger partial charge in [0.1, 0.15) is 0 Å². The Labute approximate surface area is 91.9 Å². The highest BCUT2D eigenvalue weighted by Gasteiger charge is 2.31. The summed E-state index contributed by atoms with van der Waals surface area (Å²) in [6.45, 7) is 2.37. The van der Waals surface area contributed by atoms with Crippen molar-refractivity contribution in [3.05, 3.63) is 18.0 Å². The third-order valence-electron chi connectivity index (χ3n) is 3.75. The van der Waals surface area contributed by atoms with Crippen molar-refractivity contribution in [2.45, 2.75) is 32.2 Å². The summed E-state index contributed by atoms with van der Waals surface area (Å²) < 4.78 is 1.89. The molecule has 1 aliphatic rings. The van der Waals surface area contributed by atoms with Crippen LogP contribution in [0.15, 0.2) is 12.4 Å². The molecule has 15 heavy (non-hydrogen) atoms. The van der Waals surface area contributed by atoms with Crippen LogP contribution in [-0.2, 0) is 7.05 Å². The van der Waals surface area contributed by atoms with Crippen molar-refractivity contribution < 1.29 is 0 Å². The third kappa shape index (κ3) is 2.07. The number of nitrogens with one attached hydrogen (secondary N) is 1. The van der Waals surface area contributed by atoms with Gasteiger partial charge in [0.25, 0.3) is 0 Å². The molecule has 0 amide bonds. The van der Waals surface area contributed by atoms with Crippen LogP contribution in [0.2, 0.25) is 0 Å². The maximum absolute atomic E-state index is 4.26. The average Bonchev–Trinajstić information content (AvgIpc) is 2.79. The van der Waals surface area contributed by atoms with E-state index in [-0.39, 0.29) is 0 Å². The van der Waals surface area contributed by atoms with Crippen LogP contribution in [0.3, 0.4) is 0 Å². The molecule has 0 bridgehead atoms. The van der Waals surface area contributed by atoms with E-state index in [0.717, 1.165) is 11.8 Å². The zero-order valence-electron chi connectivity index (χ0n) is 9.90. The van der Waals surface area contributed by atoms with Crippen molar-refractivity contribution in [2.75, 3.05) is 7.05 Å². The van der Waals surface area contributed by atoms with Crippen molar-refractivity contribution >= 4 is 0 Å². The minimum Gasteiger partial charge on any atom is -0.313 e. The van der Waals surface area contributed by atoms with E-state index in [0.29, 0.717) is 6.04 Å². The monoisotopic (exact) mass is 207 g/mol. The van der Waals surface area contributed by atoms with Gasteiger partial charge in [-0.15, -0.1) is 0 Å². The van der Waals surface area contributed by atoms with Gasteiger partial charge < -0.3 is 5.32 Å². The molecule has 3 unspecified atom stereocenters. The average molecular weight is 207 g/mol. The SMILES string of the molecule is CNC(c1cnn(C)c1)C1CCCC1C. The molecule has 1 aromatic heterocycles. The fourth-order valence-electron chi connectivity index (χ4n) is 2.90. The molecule has 84 valence electrons. The Kier molecular flexibility index (Phi) is 3.10. The molecular formula is C12H21N3. The van der Waals surface area contributed by atoms with Crippen LogP contribution in [0.25, 0.3) is 0 Å². The minimum absolute atomic E-state index is 0.483. The highest BCUT2D eigenvalue weighted by atomic mass is 15.2. The van der Waals surface area contributed by atoms with Crippen LogP contribution in [0, 0.1) is 11.8 Å². The molecule has 3 nitrogen and oxygen atoms in total. The first-order chi connectivity index (χ1) is 7.22. The summed E-state index contributed by atoms with van der Waals surface area (Å²) in [4.78, 5) is 0. The smallest absolute Gasteiger partial charge is 0.0537 e. The van der Waals surface area contributed by atoms with E-state index in [9.17, 15) is 0 Å². The van der Waals surface area contributed by atoms with Gasteiger partial charge in [-0.3, -0.25) is 4.68 Å². The molecule has 3 heteroatoms. The van der Waals surface area contributed by atoms with Gasteiger partial charge in [-0.2, -0.15) is 5.10 Å². The molecule has 1 aliphatic carbocycles. The molecule has 1 heterocycles. The first kappa shape index (κ1) is 10.7. The number of nitrogens with zero attached hydrogens (tertiary/aromatic N) is 2. The van der Waals surface area contributed by atoms with Gasteiger partial charge in [-0.05, 0) is 25.3 Å². The topological polar surface area (TPSA) is 29.9 Å². The molecule has 1 saturated carbocycles. The Morgan fingerprint density at radius 3 is 2.80 bits per heavy atom. The van der Waals surface area contributed by atoms with Crippen LogP contribution in [0.4, 0.5) is 0 Å². The number of aryl methyl sites for hydroxylation is 1. The van der Waals surface area contributed by atoms with E-state index in [1.807, 2.05) is 17.9 Å². The number of rotatable bonds is 3. The van der Waals surface area contributed by atoms with Gasteiger partial charge in [0.2, 0.25) is 0 Å².